The Morgan fingerprint density at radius 2 is 1.88 bits per heavy atom. The minimum Gasteiger partial charge on any atom is -0.506 e. The molecule has 0 spiro atoms. The number of aromatic nitrogens is 2. The van der Waals surface area contributed by atoms with Crippen molar-refractivity contribution in [1.29, 1.82) is 0 Å². The average Bonchev–Trinajstić information content (AvgIpc) is 3.03. The van der Waals surface area contributed by atoms with Gasteiger partial charge in [0.25, 0.3) is 0 Å². The maximum absolute atomic E-state index is 10.2. The maximum atomic E-state index is 10.2. The summed E-state index contributed by atoms with van der Waals surface area (Å²) in [7, 11) is 0. The van der Waals surface area contributed by atoms with Crippen LogP contribution in [0.4, 0.5) is 11.5 Å². The predicted octanol–water partition coefficient (Wildman–Crippen LogP) is 5.88. The topological polar surface area (TPSA) is 58.0 Å². The van der Waals surface area contributed by atoms with Crippen LogP contribution in [0, 0.1) is 6.92 Å². The van der Waals surface area contributed by atoms with Gasteiger partial charge in [0.05, 0.1) is 11.1 Å². The van der Waals surface area contributed by atoms with E-state index in [4.69, 9.17) is 0 Å². The average molecular weight is 412 g/mol. The highest BCUT2D eigenvalue weighted by atomic mass is 79.9. The Kier molecular flexibility index (Phi) is 4.15. The van der Waals surface area contributed by atoms with Gasteiger partial charge in [-0.15, -0.1) is 11.3 Å². The van der Waals surface area contributed by atoms with Gasteiger partial charge in [0.1, 0.15) is 22.7 Å². The van der Waals surface area contributed by atoms with Gasteiger partial charge in [-0.05, 0) is 42.3 Å². The molecule has 0 bridgehead atoms. The van der Waals surface area contributed by atoms with Crippen molar-refractivity contribution in [2.75, 3.05) is 5.32 Å². The number of anilines is 2. The zero-order valence-corrected chi connectivity index (χ0v) is 15.7. The fourth-order valence-corrected chi connectivity index (χ4v) is 3.87. The zero-order valence-electron chi connectivity index (χ0n) is 13.3. The van der Waals surface area contributed by atoms with Gasteiger partial charge in [-0.1, -0.05) is 34.1 Å². The van der Waals surface area contributed by atoms with Crippen molar-refractivity contribution in [2.45, 2.75) is 6.92 Å². The smallest absolute Gasteiger partial charge is 0.143 e. The van der Waals surface area contributed by atoms with E-state index in [-0.39, 0.29) is 5.75 Å². The van der Waals surface area contributed by atoms with Gasteiger partial charge in [0.2, 0.25) is 0 Å². The molecular formula is C19H14BrN3OS. The molecule has 0 atom stereocenters. The van der Waals surface area contributed by atoms with E-state index in [2.05, 4.69) is 48.7 Å². The first-order valence-corrected chi connectivity index (χ1v) is 9.34. The second-order valence-electron chi connectivity index (χ2n) is 5.70. The molecule has 4 aromatic rings. The number of fused-ring (bicyclic) bond motifs is 1. The quantitative estimate of drug-likeness (QED) is 0.413. The molecule has 0 aliphatic rings. The lowest BCUT2D eigenvalue weighted by atomic mass is 10.1. The van der Waals surface area contributed by atoms with E-state index in [0.29, 0.717) is 11.5 Å². The molecule has 0 saturated carbocycles. The third-order valence-corrected chi connectivity index (χ3v) is 5.35. The van der Waals surface area contributed by atoms with E-state index < -0.39 is 0 Å². The zero-order chi connectivity index (χ0) is 17.4. The molecule has 0 unspecified atom stereocenters. The van der Waals surface area contributed by atoms with Crippen LogP contribution in [-0.2, 0) is 0 Å². The number of aromatic hydroxyl groups is 1. The molecular weight excluding hydrogens is 398 g/mol. The second kappa shape index (κ2) is 6.46. The van der Waals surface area contributed by atoms with Crippen molar-refractivity contribution in [3.63, 3.8) is 0 Å². The molecule has 2 aromatic heterocycles. The SMILES string of the molecule is Cc1ccc(Nc2ncnc3scc(-c4ccc(Br)cc4)c23)c(O)c1. The summed E-state index contributed by atoms with van der Waals surface area (Å²) >= 11 is 5.05. The first-order valence-electron chi connectivity index (χ1n) is 7.66. The first kappa shape index (κ1) is 16.1. The van der Waals surface area contributed by atoms with Gasteiger partial charge in [-0.25, -0.2) is 9.97 Å². The van der Waals surface area contributed by atoms with E-state index in [1.165, 1.54) is 6.33 Å². The molecule has 0 fully saturated rings. The maximum Gasteiger partial charge on any atom is 0.143 e. The summed E-state index contributed by atoms with van der Waals surface area (Å²) in [6, 6.07) is 13.7. The van der Waals surface area contributed by atoms with E-state index in [1.807, 2.05) is 31.2 Å². The van der Waals surface area contributed by atoms with Crippen LogP contribution in [0.25, 0.3) is 21.3 Å². The third kappa shape index (κ3) is 3.10. The van der Waals surface area contributed by atoms with Crippen LogP contribution in [0.1, 0.15) is 5.56 Å². The third-order valence-electron chi connectivity index (χ3n) is 3.93. The molecule has 0 saturated heterocycles. The summed E-state index contributed by atoms with van der Waals surface area (Å²) in [6.07, 6.45) is 1.54. The summed E-state index contributed by atoms with van der Waals surface area (Å²) in [5.74, 6) is 0.885. The molecule has 6 heteroatoms. The highest BCUT2D eigenvalue weighted by molar-refractivity contribution is 9.10. The monoisotopic (exact) mass is 411 g/mol. The standard InChI is InChI=1S/C19H14BrN3OS/c1-11-2-7-15(16(24)8-11)23-18-17-14(9-25-19(17)22-10-21-18)12-3-5-13(20)6-4-12/h2-10,24H,1H3,(H,21,22,23). The van der Waals surface area contributed by atoms with E-state index in [1.54, 1.807) is 17.4 Å². The van der Waals surface area contributed by atoms with Crippen LogP contribution < -0.4 is 5.32 Å². The number of benzene rings is 2. The van der Waals surface area contributed by atoms with E-state index in [9.17, 15) is 5.11 Å². The van der Waals surface area contributed by atoms with Crippen molar-refractivity contribution >= 4 is 49.0 Å². The summed E-state index contributed by atoms with van der Waals surface area (Å²) in [4.78, 5) is 9.69. The Bertz CT molecular complexity index is 1060. The Labute approximate surface area is 157 Å². The molecule has 124 valence electrons. The molecule has 25 heavy (non-hydrogen) atoms. The van der Waals surface area contributed by atoms with Crippen molar-refractivity contribution in [3.8, 4) is 16.9 Å². The first-order chi connectivity index (χ1) is 12.1. The summed E-state index contributed by atoms with van der Waals surface area (Å²) in [5.41, 5.74) is 3.79. The lowest BCUT2D eigenvalue weighted by Gasteiger charge is -2.10. The number of nitrogens with one attached hydrogen (secondary N) is 1. The van der Waals surface area contributed by atoms with Crippen molar-refractivity contribution in [2.24, 2.45) is 0 Å². The summed E-state index contributed by atoms with van der Waals surface area (Å²) in [6.45, 7) is 1.94. The lowest BCUT2D eigenvalue weighted by molar-refractivity contribution is 0.477. The van der Waals surface area contributed by atoms with Gasteiger partial charge in [0.15, 0.2) is 0 Å². The van der Waals surface area contributed by atoms with Gasteiger partial charge >= 0.3 is 0 Å². The fourth-order valence-electron chi connectivity index (χ4n) is 2.69. The minimum absolute atomic E-state index is 0.201. The van der Waals surface area contributed by atoms with Gasteiger partial charge in [-0.2, -0.15) is 0 Å². The van der Waals surface area contributed by atoms with Crippen LogP contribution in [0.3, 0.4) is 0 Å². The number of nitrogens with zero attached hydrogens (tertiary/aromatic N) is 2. The molecule has 0 aliphatic heterocycles. The molecule has 0 aliphatic carbocycles. The van der Waals surface area contributed by atoms with Crippen LogP contribution >= 0.6 is 27.3 Å². The van der Waals surface area contributed by atoms with Gasteiger partial charge < -0.3 is 10.4 Å². The Morgan fingerprint density at radius 3 is 2.64 bits per heavy atom. The molecule has 4 rings (SSSR count). The van der Waals surface area contributed by atoms with Gasteiger partial charge in [-0.3, -0.25) is 0 Å². The van der Waals surface area contributed by atoms with Crippen LogP contribution in [0.2, 0.25) is 0 Å². The van der Waals surface area contributed by atoms with Crippen molar-refractivity contribution in [1.82, 2.24) is 9.97 Å². The molecule has 0 amide bonds. The number of hydrogen-bond donors (Lipinski definition) is 2. The normalized spacial score (nSPS) is 11.0. The van der Waals surface area contributed by atoms with E-state index in [0.717, 1.165) is 31.4 Å². The minimum atomic E-state index is 0.201. The highest BCUT2D eigenvalue weighted by Gasteiger charge is 2.14. The largest absolute Gasteiger partial charge is 0.506 e. The van der Waals surface area contributed by atoms with Crippen LogP contribution in [0.5, 0.6) is 5.75 Å². The number of aryl methyl sites for hydroxylation is 1. The van der Waals surface area contributed by atoms with Crippen LogP contribution in [-0.4, -0.2) is 15.1 Å². The molecule has 4 nitrogen and oxygen atoms in total. The summed E-state index contributed by atoms with van der Waals surface area (Å²) < 4.78 is 1.04. The second-order valence-corrected chi connectivity index (χ2v) is 7.48. The van der Waals surface area contributed by atoms with Gasteiger partial charge in [0, 0.05) is 15.4 Å². The Hall–Kier alpha value is -2.44. The number of rotatable bonds is 3. The van der Waals surface area contributed by atoms with Crippen molar-refractivity contribution in [3.05, 3.63) is 64.2 Å². The molecule has 2 N–H and O–H groups in total. The van der Waals surface area contributed by atoms with E-state index >= 15 is 0 Å². The predicted molar refractivity (Wildman–Crippen MR) is 107 cm³/mol. The van der Waals surface area contributed by atoms with Crippen LogP contribution in [0.15, 0.2) is 58.6 Å². The summed E-state index contributed by atoms with van der Waals surface area (Å²) in [5, 5.41) is 16.5. The fraction of sp³-hybridized carbons (Fsp3) is 0.0526. The Balaban J connectivity index is 1.84. The number of thiophene rings is 1. The Morgan fingerprint density at radius 1 is 1.08 bits per heavy atom. The number of halogens is 1. The van der Waals surface area contributed by atoms with Crippen molar-refractivity contribution < 1.29 is 5.11 Å². The highest BCUT2D eigenvalue weighted by Crippen LogP contribution is 2.38. The number of phenols is 1. The molecule has 2 heterocycles. The molecule has 2 aromatic carbocycles. The number of phenolic OH excluding ortho intramolecular Hbond substituents is 1. The number of hydrogen-bond acceptors (Lipinski definition) is 5. The molecule has 0 radical (unpaired) electrons. The lowest BCUT2D eigenvalue weighted by Crippen LogP contribution is -1.96.